The van der Waals surface area contributed by atoms with Gasteiger partial charge in [0.15, 0.2) is 0 Å². The molecule has 0 unspecified atom stereocenters. The summed E-state index contributed by atoms with van der Waals surface area (Å²) >= 11 is 0. The molecule has 0 saturated heterocycles. The third-order valence-electron chi connectivity index (χ3n) is 4.22. The van der Waals surface area contributed by atoms with Gasteiger partial charge in [0.25, 0.3) is 0 Å². The highest BCUT2D eigenvalue weighted by Gasteiger charge is 2.34. The van der Waals surface area contributed by atoms with Crippen LogP contribution in [0.15, 0.2) is 30.5 Å². The first-order valence-electron chi connectivity index (χ1n) is 7.35. The van der Waals surface area contributed by atoms with Crippen LogP contribution in [0.4, 0.5) is 0 Å². The van der Waals surface area contributed by atoms with E-state index in [0.29, 0.717) is 25.7 Å². The molecule has 5 nitrogen and oxygen atoms in total. The maximum atomic E-state index is 12.0. The summed E-state index contributed by atoms with van der Waals surface area (Å²) in [6.07, 6.45) is 2.57. The van der Waals surface area contributed by atoms with Crippen LogP contribution in [0.25, 0.3) is 10.9 Å². The number of hydrogen-bond acceptors (Lipinski definition) is 3. The van der Waals surface area contributed by atoms with E-state index in [-0.39, 0.29) is 11.9 Å². The number of aliphatic hydroxyl groups is 2. The van der Waals surface area contributed by atoms with Gasteiger partial charge in [0.2, 0.25) is 5.91 Å². The Balaban J connectivity index is 1.56. The number of aryl methyl sites for hydroxylation is 1. The average molecular weight is 288 g/mol. The normalized spacial score (nSPS) is 25.3. The number of fused-ring (bicyclic) bond motifs is 1. The minimum atomic E-state index is -0.845. The number of nitrogens with one attached hydrogen (secondary N) is 2. The van der Waals surface area contributed by atoms with Gasteiger partial charge in [-0.25, -0.2) is 0 Å². The zero-order valence-corrected chi connectivity index (χ0v) is 11.7. The van der Waals surface area contributed by atoms with Gasteiger partial charge in [-0.15, -0.1) is 0 Å². The number of H-pyrrole nitrogens is 1. The van der Waals surface area contributed by atoms with Gasteiger partial charge < -0.3 is 20.5 Å². The average Bonchev–Trinajstić information content (AvgIpc) is 3.04. The Morgan fingerprint density at radius 2 is 2.10 bits per heavy atom. The van der Waals surface area contributed by atoms with Crippen LogP contribution in [0.1, 0.15) is 24.8 Å². The van der Waals surface area contributed by atoms with Crippen molar-refractivity contribution in [2.75, 3.05) is 0 Å². The van der Waals surface area contributed by atoms with E-state index in [0.717, 1.165) is 16.5 Å². The first kappa shape index (κ1) is 14.1. The van der Waals surface area contributed by atoms with Crippen LogP contribution in [-0.4, -0.2) is 39.4 Å². The summed E-state index contributed by atoms with van der Waals surface area (Å²) in [6, 6.07) is 7.68. The number of carbonyl (C=O) groups is 1. The monoisotopic (exact) mass is 288 g/mol. The fourth-order valence-electron chi connectivity index (χ4n) is 2.98. The maximum Gasteiger partial charge on any atom is 0.220 e. The molecule has 5 heteroatoms. The number of benzene rings is 1. The number of para-hydroxylation sites is 1. The van der Waals surface area contributed by atoms with Gasteiger partial charge in [0.05, 0.1) is 18.2 Å². The third kappa shape index (κ3) is 2.94. The predicted molar refractivity (Wildman–Crippen MR) is 79.8 cm³/mol. The van der Waals surface area contributed by atoms with E-state index in [2.05, 4.69) is 10.3 Å². The van der Waals surface area contributed by atoms with E-state index < -0.39 is 12.2 Å². The summed E-state index contributed by atoms with van der Waals surface area (Å²) in [6.45, 7) is 0. The van der Waals surface area contributed by atoms with Crippen LogP contribution in [0.5, 0.6) is 0 Å². The molecular weight excluding hydrogens is 268 g/mol. The fourth-order valence-corrected chi connectivity index (χ4v) is 2.98. The largest absolute Gasteiger partial charge is 0.390 e. The van der Waals surface area contributed by atoms with Crippen molar-refractivity contribution in [1.82, 2.24) is 10.3 Å². The molecule has 1 amide bonds. The number of amides is 1. The van der Waals surface area contributed by atoms with Gasteiger partial charge in [0.1, 0.15) is 0 Å². The molecule has 1 aliphatic rings. The highest BCUT2D eigenvalue weighted by molar-refractivity contribution is 5.84. The van der Waals surface area contributed by atoms with E-state index in [9.17, 15) is 15.0 Å². The molecule has 3 rings (SSSR count). The summed E-state index contributed by atoms with van der Waals surface area (Å²) < 4.78 is 0. The number of aromatic nitrogens is 1. The number of hydrogen-bond donors (Lipinski definition) is 4. The zero-order valence-electron chi connectivity index (χ0n) is 11.7. The van der Waals surface area contributed by atoms with E-state index in [4.69, 9.17) is 0 Å². The van der Waals surface area contributed by atoms with Gasteiger partial charge in [-0.1, -0.05) is 18.2 Å². The van der Waals surface area contributed by atoms with Crippen molar-refractivity contribution < 1.29 is 15.0 Å². The highest BCUT2D eigenvalue weighted by Crippen LogP contribution is 2.21. The molecule has 0 bridgehead atoms. The van der Waals surface area contributed by atoms with Crippen LogP contribution < -0.4 is 5.32 Å². The van der Waals surface area contributed by atoms with Gasteiger partial charge in [-0.2, -0.15) is 0 Å². The highest BCUT2D eigenvalue weighted by atomic mass is 16.3. The maximum absolute atomic E-state index is 12.0. The Morgan fingerprint density at radius 1 is 1.29 bits per heavy atom. The van der Waals surface area contributed by atoms with Crippen molar-refractivity contribution in [2.24, 2.45) is 0 Å². The van der Waals surface area contributed by atoms with Crippen LogP contribution >= 0.6 is 0 Å². The lowest BCUT2D eigenvalue weighted by Crippen LogP contribution is -2.43. The van der Waals surface area contributed by atoms with Crippen LogP contribution in [0.2, 0.25) is 0 Å². The molecule has 0 spiro atoms. The molecule has 112 valence electrons. The van der Waals surface area contributed by atoms with Crippen molar-refractivity contribution in [3.05, 3.63) is 36.0 Å². The van der Waals surface area contributed by atoms with Crippen molar-refractivity contribution in [2.45, 2.75) is 43.9 Å². The fraction of sp³-hybridized carbons (Fsp3) is 0.438. The Morgan fingerprint density at radius 3 is 2.86 bits per heavy atom. The number of aliphatic hydroxyl groups excluding tert-OH is 2. The lowest BCUT2D eigenvalue weighted by atomic mass is 10.1. The molecule has 1 aromatic heterocycles. The lowest BCUT2D eigenvalue weighted by Gasteiger charge is -2.17. The second-order valence-corrected chi connectivity index (χ2v) is 5.67. The molecule has 21 heavy (non-hydrogen) atoms. The summed E-state index contributed by atoms with van der Waals surface area (Å²) in [7, 11) is 0. The second kappa shape index (κ2) is 5.87. The smallest absolute Gasteiger partial charge is 0.220 e. The Hall–Kier alpha value is -1.85. The van der Waals surface area contributed by atoms with E-state index in [1.54, 1.807) is 0 Å². The predicted octanol–water partition coefficient (Wildman–Crippen LogP) is 1.10. The van der Waals surface area contributed by atoms with Crippen LogP contribution in [-0.2, 0) is 11.2 Å². The minimum absolute atomic E-state index is 0.0848. The molecule has 0 radical (unpaired) electrons. The molecule has 4 N–H and O–H groups in total. The standard InChI is InChI=1S/C16H20N2O3/c19-14-7-6-13(16(14)21)18-15(20)8-5-10-9-17-12-4-2-1-3-11(10)12/h1-4,9,13-14,16-17,19,21H,5-8H2,(H,18,20)/t13-,14-,16-/m1/s1. The SMILES string of the molecule is O=C(CCc1c[nH]c2ccccc12)N[C@@H]1CC[C@@H](O)[C@@H]1O. The first-order valence-corrected chi connectivity index (χ1v) is 7.35. The van der Waals surface area contributed by atoms with Gasteiger partial charge in [-0.05, 0) is 30.9 Å². The first-order chi connectivity index (χ1) is 10.1. The molecule has 3 atom stereocenters. The number of aromatic amines is 1. The zero-order chi connectivity index (χ0) is 14.8. The topological polar surface area (TPSA) is 85.4 Å². The van der Waals surface area contributed by atoms with E-state index >= 15 is 0 Å². The Labute approximate surface area is 123 Å². The molecule has 1 heterocycles. The lowest BCUT2D eigenvalue weighted by molar-refractivity contribution is -0.122. The molecule has 1 aliphatic carbocycles. The Kier molecular flexibility index (Phi) is 3.94. The van der Waals surface area contributed by atoms with Crippen LogP contribution in [0, 0.1) is 0 Å². The molecule has 0 aliphatic heterocycles. The summed E-state index contributed by atoms with van der Waals surface area (Å²) in [5, 5.41) is 23.2. The van der Waals surface area contributed by atoms with Gasteiger partial charge in [-0.3, -0.25) is 4.79 Å². The molecule has 2 aromatic rings. The summed E-state index contributed by atoms with van der Waals surface area (Å²) in [4.78, 5) is 15.2. The second-order valence-electron chi connectivity index (χ2n) is 5.67. The minimum Gasteiger partial charge on any atom is -0.390 e. The van der Waals surface area contributed by atoms with E-state index in [1.807, 2.05) is 30.5 Å². The summed E-state index contributed by atoms with van der Waals surface area (Å²) in [5.74, 6) is -0.0848. The van der Waals surface area contributed by atoms with Gasteiger partial charge >= 0.3 is 0 Å². The molecule has 1 aromatic carbocycles. The molecular formula is C16H20N2O3. The van der Waals surface area contributed by atoms with Gasteiger partial charge in [0, 0.05) is 23.5 Å². The molecule has 1 saturated carbocycles. The van der Waals surface area contributed by atoms with Crippen molar-refractivity contribution in [3.8, 4) is 0 Å². The molecule has 1 fully saturated rings. The summed E-state index contributed by atoms with van der Waals surface area (Å²) in [5.41, 5.74) is 2.19. The van der Waals surface area contributed by atoms with Crippen molar-refractivity contribution in [1.29, 1.82) is 0 Å². The van der Waals surface area contributed by atoms with Crippen LogP contribution in [0.3, 0.4) is 0 Å². The quantitative estimate of drug-likeness (QED) is 0.679. The Bertz CT molecular complexity index is 637. The third-order valence-corrected chi connectivity index (χ3v) is 4.22. The van der Waals surface area contributed by atoms with E-state index in [1.165, 1.54) is 0 Å². The number of rotatable bonds is 4. The van der Waals surface area contributed by atoms with Crippen molar-refractivity contribution >= 4 is 16.8 Å². The van der Waals surface area contributed by atoms with Crippen molar-refractivity contribution in [3.63, 3.8) is 0 Å². The number of carbonyl (C=O) groups excluding carboxylic acids is 1.